The number of non-ortho nitro benzene ring substituents is 1. The van der Waals surface area contributed by atoms with E-state index >= 15 is 0 Å². The van der Waals surface area contributed by atoms with Gasteiger partial charge in [0.05, 0.1) is 4.92 Å². The van der Waals surface area contributed by atoms with Crippen LogP contribution in [-0.4, -0.2) is 40.3 Å². The van der Waals surface area contributed by atoms with Gasteiger partial charge in [0.2, 0.25) is 11.8 Å². The van der Waals surface area contributed by atoms with Crippen molar-refractivity contribution < 1.29 is 14.5 Å². The Morgan fingerprint density at radius 3 is 2.36 bits per heavy atom. The number of rotatable bonds is 7. The lowest BCUT2D eigenvalue weighted by Crippen LogP contribution is -2.61. The largest absolute Gasteiger partial charge is 0.350 e. The lowest BCUT2D eigenvalue weighted by Gasteiger charge is -2.40. The van der Waals surface area contributed by atoms with E-state index in [0.29, 0.717) is 24.4 Å². The van der Waals surface area contributed by atoms with Crippen molar-refractivity contribution in [2.24, 2.45) is 11.8 Å². The predicted octanol–water partition coefficient (Wildman–Crippen LogP) is 3.40. The molecule has 1 aliphatic heterocycles. The highest BCUT2D eigenvalue weighted by Crippen LogP contribution is 2.20. The molecule has 2 atom stereocenters. The summed E-state index contributed by atoms with van der Waals surface area (Å²) in [4.78, 5) is 37.4. The molecule has 1 fully saturated rings. The predicted molar refractivity (Wildman–Crippen MR) is 108 cm³/mol. The molecule has 152 valence electrons. The number of hydrogen-bond donors (Lipinski definition) is 1. The third-order valence-corrected chi connectivity index (χ3v) is 4.70. The van der Waals surface area contributed by atoms with E-state index in [1.807, 2.05) is 13.8 Å². The highest BCUT2D eigenvalue weighted by molar-refractivity contribution is 5.96. The monoisotopic (exact) mass is 387 g/mol. The number of carbonyl (C=O) groups is 2. The minimum absolute atomic E-state index is 0.00435. The van der Waals surface area contributed by atoms with E-state index in [9.17, 15) is 19.7 Å². The van der Waals surface area contributed by atoms with Crippen molar-refractivity contribution in [3.8, 4) is 0 Å². The van der Waals surface area contributed by atoms with Crippen LogP contribution in [0.5, 0.6) is 0 Å². The number of amides is 2. The lowest BCUT2D eigenvalue weighted by atomic mass is 9.95. The Labute approximate surface area is 165 Å². The maximum absolute atomic E-state index is 12.9. The standard InChI is InChI=1S/C21H29N3O4/c1-14(2)11-17-13-23(19(12-15(3)4)21(26)22-17)20(25)10-7-16-5-8-18(9-6-16)24(27)28/h5-10,14-15,17,19H,11-13H2,1-4H3,(H,22,26)/t17-,19-/m0/s1. The van der Waals surface area contributed by atoms with Gasteiger partial charge in [-0.15, -0.1) is 0 Å². The number of nitrogens with zero attached hydrogens (tertiary/aromatic N) is 2. The van der Waals surface area contributed by atoms with Crippen LogP contribution < -0.4 is 5.32 Å². The summed E-state index contributed by atoms with van der Waals surface area (Å²) in [5.74, 6) is 0.390. The van der Waals surface area contributed by atoms with E-state index in [4.69, 9.17) is 0 Å². The van der Waals surface area contributed by atoms with Crippen molar-refractivity contribution in [3.63, 3.8) is 0 Å². The number of carbonyl (C=O) groups excluding carboxylic acids is 2. The smallest absolute Gasteiger partial charge is 0.269 e. The summed E-state index contributed by atoms with van der Waals surface area (Å²) >= 11 is 0. The first-order valence-corrected chi connectivity index (χ1v) is 9.71. The second-order valence-electron chi connectivity index (χ2n) is 8.15. The molecule has 0 aliphatic carbocycles. The summed E-state index contributed by atoms with van der Waals surface area (Å²) in [6, 6.07) is 5.47. The fourth-order valence-electron chi connectivity index (χ4n) is 3.45. The minimum atomic E-state index is -0.475. The molecule has 28 heavy (non-hydrogen) atoms. The zero-order valence-corrected chi connectivity index (χ0v) is 16.9. The van der Waals surface area contributed by atoms with E-state index in [1.165, 1.54) is 18.2 Å². The molecule has 0 saturated carbocycles. The minimum Gasteiger partial charge on any atom is -0.350 e. The molecule has 1 aromatic carbocycles. The number of hydrogen-bond acceptors (Lipinski definition) is 4. The molecule has 1 heterocycles. The average Bonchev–Trinajstić information content (AvgIpc) is 2.61. The first kappa shape index (κ1) is 21.6. The van der Waals surface area contributed by atoms with Crippen LogP contribution in [-0.2, 0) is 9.59 Å². The van der Waals surface area contributed by atoms with Crippen LogP contribution in [0.15, 0.2) is 30.3 Å². The molecule has 0 bridgehead atoms. The molecule has 1 aromatic rings. The zero-order chi connectivity index (χ0) is 20.8. The van der Waals surface area contributed by atoms with Crippen LogP contribution in [0.2, 0.25) is 0 Å². The Morgan fingerprint density at radius 1 is 1.21 bits per heavy atom. The third-order valence-electron chi connectivity index (χ3n) is 4.70. The van der Waals surface area contributed by atoms with Crippen LogP contribution in [0.3, 0.4) is 0 Å². The van der Waals surface area contributed by atoms with Gasteiger partial charge >= 0.3 is 0 Å². The molecule has 1 saturated heterocycles. The molecule has 2 amide bonds. The Morgan fingerprint density at radius 2 is 1.82 bits per heavy atom. The van der Waals surface area contributed by atoms with Gasteiger partial charge in [0.25, 0.3) is 5.69 Å². The highest BCUT2D eigenvalue weighted by Gasteiger charge is 2.36. The van der Waals surface area contributed by atoms with E-state index in [1.54, 1.807) is 23.1 Å². The van der Waals surface area contributed by atoms with E-state index in [-0.39, 0.29) is 29.5 Å². The van der Waals surface area contributed by atoms with Gasteiger partial charge in [-0.3, -0.25) is 19.7 Å². The summed E-state index contributed by atoms with van der Waals surface area (Å²) in [7, 11) is 0. The van der Waals surface area contributed by atoms with Gasteiger partial charge in [-0.1, -0.05) is 27.7 Å². The normalized spacial score (nSPS) is 20.1. The number of piperazine rings is 1. The molecule has 0 radical (unpaired) electrons. The van der Waals surface area contributed by atoms with Crippen molar-refractivity contribution in [1.82, 2.24) is 10.2 Å². The molecule has 1 N–H and O–H groups in total. The van der Waals surface area contributed by atoms with Crippen molar-refractivity contribution >= 4 is 23.6 Å². The Balaban J connectivity index is 2.16. The Bertz CT molecular complexity index is 741. The van der Waals surface area contributed by atoms with Crippen LogP contribution in [0.25, 0.3) is 6.08 Å². The fourth-order valence-corrected chi connectivity index (χ4v) is 3.45. The topological polar surface area (TPSA) is 92.6 Å². The van der Waals surface area contributed by atoms with Gasteiger partial charge in [0.15, 0.2) is 0 Å². The summed E-state index contributed by atoms with van der Waals surface area (Å²) in [6.45, 7) is 8.73. The van der Waals surface area contributed by atoms with Gasteiger partial charge in [-0.25, -0.2) is 0 Å². The van der Waals surface area contributed by atoms with E-state index < -0.39 is 11.0 Å². The van der Waals surface area contributed by atoms with Crippen molar-refractivity contribution in [1.29, 1.82) is 0 Å². The van der Waals surface area contributed by atoms with Gasteiger partial charge < -0.3 is 10.2 Å². The van der Waals surface area contributed by atoms with E-state index in [0.717, 1.165) is 6.42 Å². The second-order valence-corrected chi connectivity index (χ2v) is 8.15. The second kappa shape index (κ2) is 9.48. The Hall–Kier alpha value is -2.70. The summed E-state index contributed by atoms with van der Waals surface area (Å²) in [5, 5.41) is 13.8. The van der Waals surface area contributed by atoms with Crippen LogP contribution in [0.4, 0.5) is 5.69 Å². The maximum atomic E-state index is 12.9. The molecular weight excluding hydrogens is 358 g/mol. The number of nitro benzene ring substituents is 1. The Kier molecular flexibility index (Phi) is 7.31. The fraction of sp³-hybridized carbons (Fsp3) is 0.524. The average molecular weight is 387 g/mol. The highest BCUT2D eigenvalue weighted by atomic mass is 16.6. The lowest BCUT2D eigenvalue weighted by molar-refractivity contribution is -0.384. The maximum Gasteiger partial charge on any atom is 0.269 e. The summed E-state index contributed by atoms with van der Waals surface area (Å²) < 4.78 is 0. The first-order chi connectivity index (χ1) is 13.2. The summed E-state index contributed by atoms with van der Waals surface area (Å²) in [5.41, 5.74) is 0.698. The van der Waals surface area contributed by atoms with Gasteiger partial charge in [0.1, 0.15) is 6.04 Å². The molecule has 7 heteroatoms. The number of nitro groups is 1. The molecule has 7 nitrogen and oxygen atoms in total. The van der Waals surface area contributed by atoms with Gasteiger partial charge in [-0.05, 0) is 48.4 Å². The molecule has 0 aromatic heterocycles. The third kappa shape index (κ3) is 5.90. The SMILES string of the molecule is CC(C)C[C@H]1CN(C(=O)C=Cc2ccc([N+](=O)[O-])cc2)[C@@H](CC(C)C)C(=O)N1. The van der Waals surface area contributed by atoms with Gasteiger partial charge in [0, 0.05) is 30.8 Å². The molecule has 0 spiro atoms. The van der Waals surface area contributed by atoms with Crippen molar-refractivity contribution in [2.45, 2.75) is 52.6 Å². The van der Waals surface area contributed by atoms with Crippen LogP contribution in [0.1, 0.15) is 46.1 Å². The van der Waals surface area contributed by atoms with E-state index in [2.05, 4.69) is 19.2 Å². The molecule has 2 rings (SSSR count). The van der Waals surface area contributed by atoms with Crippen molar-refractivity contribution in [3.05, 3.63) is 46.0 Å². The first-order valence-electron chi connectivity index (χ1n) is 9.71. The van der Waals surface area contributed by atoms with Gasteiger partial charge in [-0.2, -0.15) is 0 Å². The van der Waals surface area contributed by atoms with Crippen LogP contribution >= 0.6 is 0 Å². The summed E-state index contributed by atoms with van der Waals surface area (Å²) in [6.07, 6.45) is 4.50. The number of nitrogens with one attached hydrogen (secondary N) is 1. The quantitative estimate of drug-likeness (QED) is 0.441. The number of benzene rings is 1. The molecular formula is C21H29N3O4. The van der Waals surface area contributed by atoms with Crippen molar-refractivity contribution in [2.75, 3.05) is 6.54 Å². The molecule has 0 unspecified atom stereocenters. The van der Waals surface area contributed by atoms with Crippen LogP contribution in [0, 0.1) is 22.0 Å². The molecule has 1 aliphatic rings. The zero-order valence-electron chi connectivity index (χ0n) is 16.9.